The summed E-state index contributed by atoms with van der Waals surface area (Å²) in [5, 5.41) is 6.29. The molecule has 0 atom stereocenters. The quantitative estimate of drug-likeness (QED) is 0.715. The molecule has 126 valence electrons. The molecule has 1 saturated heterocycles. The van der Waals surface area contributed by atoms with E-state index in [4.69, 9.17) is 5.73 Å². The highest BCUT2D eigenvalue weighted by Crippen LogP contribution is 2.28. The van der Waals surface area contributed by atoms with Crippen molar-refractivity contribution < 1.29 is 14.4 Å². The molecule has 1 aromatic rings. The fourth-order valence-electron chi connectivity index (χ4n) is 2.38. The van der Waals surface area contributed by atoms with Gasteiger partial charge in [-0.2, -0.15) is 0 Å². The Labute approximate surface area is 138 Å². The topological polar surface area (TPSA) is 117 Å². The van der Waals surface area contributed by atoms with Gasteiger partial charge in [-0.05, 0) is 12.8 Å². The summed E-state index contributed by atoms with van der Waals surface area (Å²) in [7, 11) is 1.67. The van der Waals surface area contributed by atoms with Crippen molar-refractivity contribution in [1.29, 1.82) is 0 Å². The van der Waals surface area contributed by atoms with Gasteiger partial charge in [0.1, 0.15) is 5.00 Å². The van der Waals surface area contributed by atoms with Crippen molar-refractivity contribution in [1.82, 2.24) is 9.88 Å². The van der Waals surface area contributed by atoms with Crippen LogP contribution >= 0.6 is 11.3 Å². The summed E-state index contributed by atoms with van der Waals surface area (Å²) in [6.07, 6.45) is 3.66. The van der Waals surface area contributed by atoms with Crippen LogP contribution in [0, 0.1) is 0 Å². The van der Waals surface area contributed by atoms with E-state index < -0.39 is 5.91 Å². The van der Waals surface area contributed by atoms with Crippen molar-refractivity contribution in [2.24, 2.45) is 5.73 Å². The smallest absolute Gasteiger partial charge is 0.270 e. The molecular formula is C14H21N5O3S. The van der Waals surface area contributed by atoms with Gasteiger partial charge in [-0.1, -0.05) is 17.8 Å². The van der Waals surface area contributed by atoms with Crippen LogP contribution in [-0.2, 0) is 9.59 Å². The second-order valence-electron chi connectivity index (χ2n) is 5.30. The molecule has 1 aliphatic rings. The summed E-state index contributed by atoms with van der Waals surface area (Å²) in [5.74, 6) is -0.861. The maximum absolute atomic E-state index is 12.1. The molecule has 9 heteroatoms. The van der Waals surface area contributed by atoms with Crippen LogP contribution in [0.2, 0.25) is 0 Å². The molecule has 0 spiro atoms. The minimum Gasteiger partial charge on any atom is -0.365 e. The average Bonchev–Trinajstić information content (AvgIpc) is 2.81. The number of hydrogen-bond donors (Lipinski definition) is 3. The Morgan fingerprint density at radius 3 is 2.83 bits per heavy atom. The lowest BCUT2D eigenvalue weighted by Gasteiger charge is -2.19. The molecule has 4 N–H and O–H groups in total. The number of hydrogen-bond acceptors (Lipinski definition) is 6. The van der Waals surface area contributed by atoms with E-state index in [1.807, 2.05) is 0 Å². The van der Waals surface area contributed by atoms with Crippen LogP contribution in [0.4, 0.5) is 10.1 Å². The first-order valence-electron chi connectivity index (χ1n) is 7.57. The molecule has 1 aromatic heterocycles. The highest BCUT2D eigenvalue weighted by molar-refractivity contribution is 7.20. The van der Waals surface area contributed by atoms with E-state index in [1.165, 1.54) is 0 Å². The van der Waals surface area contributed by atoms with Gasteiger partial charge in [0.25, 0.3) is 5.91 Å². The summed E-state index contributed by atoms with van der Waals surface area (Å²) < 4.78 is 0. The van der Waals surface area contributed by atoms with Crippen molar-refractivity contribution in [2.45, 2.75) is 32.1 Å². The number of nitrogens with one attached hydrogen (secondary N) is 2. The SMILES string of the molecule is CNc1nc(C(N)=O)c(NC(=O)CCN2CCCCCC2=O)s1. The first-order chi connectivity index (χ1) is 11.0. The zero-order valence-electron chi connectivity index (χ0n) is 13.1. The summed E-state index contributed by atoms with van der Waals surface area (Å²) >= 11 is 1.15. The number of anilines is 2. The number of nitrogens with zero attached hydrogens (tertiary/aromatic N) is 2. The van der Waals surface area contributed by atoms with E-state index in [0.717, 1.165) is 30.6 Å². The molecule has 0 aliphatic carbocycles. The molecule has 1 fully saturated rings. The number of amides is 3. The van der Waals surface area contributed by atoms with Gasteiger partial charge < -0.3 is 21.3 Å². The Morgan fingerprint density at radius 2 is 2.13 bits per heavy atom. The van der Waals surface area contributed by atoms with Crippen molar-refractivity contribution in [3.05, 3.63) is 5.69 Å². The third kappa shape index (κ3) is 4.65. The number of carbonyl (C=O) groups is 3. The van der Waals surface area contributed by atoms with Gasteiger partial charge in [0, 0.05) is 33.0 Å². The van der Waals surface area contributed by atoms with Crippen molar-refractivity contribution in [3.8, 4) is 0 Å². The molecule has 0 bridgehead atoms. The molecule has 0 aromatic carbocycles. The molecular weight excluding hydrogens is 318 g/mol. The second-order valence-corrected chi connectivity index (χ2v) is 6.30. The van der Waals surface area contributed by atoms with Crippen LogP contribution in [0.25, 0.3) is 0 Å². The van der Waals surface area contributed by atoms with Crippen molar-refractivity contribution >= 4 is 39.2 Å². The molecule has 23 heavy (non-hydrogen) atoms. The molecule has 3 amide bonds. The lowest BCUT2D eigenvalue weighted by atomic mass is 10.2. The molecule has 1 aliphatic heterocycles. The first-order valence-corrected chi connectivity index (χ1v) is 8.39. The number of nitrogens with two attached hydrogens (primary N) is 1. The number of rotatable bonds is 6. The largest absolute Gasteiger partial charge is 0.365 e. The normalized spacial score (nSPS) is 15.2. The van der Waals surface area contributed by atoms with Crippen LogP contribution < -0.4 is 16.4 Å². The summed E-state index contributed by atoms with van der Waals surface area (Å²) in [4.78, 5) is 41.1. The highest BCUT2D eigenvalue weighted by atomic mass is 32.1. The van der Waals surface area contributed by atoms with Crippen molar-refractivity contribution in [3.63, 3.8) is 0 Å². The maximum atomic E-state index is 12.1. The zero-order valence-corrected chi connectivity index (χ0v) is 13.9. The van der Waals surface area contributed by atoms with Crippen LogP contribution in [0.3, 0.4) is 0 Å². The number of aromatic nitrogens is 1. The Kier molecular flexibility index (Phi) is 5.91. The summed E-state index contributed by atoms with van der Waals surface area (Å²) in [6.45, 7) is 1.08. The molecule has 2 rings (SSSR count). The molecule has 0 saturated carbocycles. The van der Waals surface area contributed by atoms with E-state index in [0.29, 0.717) is 29.6 Å². The van der Waals surface area contributed by atoms with Gasteiger partial charge in [0.2, 0.25) is 11.8 Å². The molecule has 0 unspecified atom stereocenters. The van der Waals surface area contributed by atoms with Gasteiger partial charge in [-0.15, -0.1) is 0 Å². The number of carbonyl (C=O) groups excluding carboxylic acids is 3. The van der Waals surface area contributed by atoms with E-state index in [9.17, 15) is 14.4 Å². The fraction of sp³-hybridized carbons (Fsp3) is 0.571. The number of thiazole rings is 1. The summed E-state index contributed by atoms with van der Waals surface area (Å²) in [5.41, 5.74) is 5.30. The molecule has 8 nitrogen and oxygen atoms in total. The monoisotopic (exact) mass is 339 g/mol. The van der Waals surface area contributed by atoms with Gasteiger partial charge in [0.15, 0.2) is 10.8 Å². The lowest BCUT2D eigenvalue weighted by Crippen LogP contribution is -2.33. The minimum atomic E-state index is -0.694. The number of likely N-dealkylation sites (tertiary alicyclic amines) is 1. The Morgan fingerprint density at radius 1 is 1.35 bits per heavy atom. The van der Waals surface area contributed by atoms with Gasteiger partial charge in [0.05, 0.1) is 0 Å². The predicted molar refractivity (Wildman–Crippen MR) is 88.5 cm³/mol. The predicted octanol–water partition coefficient (Wildman–Crippen LogP) is 1.01. The molecule has 0 radical (unpaired) electrons. The third-order valence-corrected chi connectivity index (χ3v) is 4.60. The zero-order chi connectivity index (χ0) is 16.8. The second kappa shape index (κ2) is 7.91. The van der Waals surface area contributed by atoms with Crippen LogP contribution in [-0.4, -0.2) is 47.7 Å². The van der Waals surface area contributed by atoms with E-state index in [-0.39, 0.29) is 23.9 Å². The highest BCUT2D eigenvalue weighted by Gasteiger charge is 2.20. The minimum absolute atomic E-state index is 0.0403. The summed E-state index contributed by atoms with van der Waals surface area (Å²) in [6, 6.07) is 0. The Balaban J connectivity index is 1.93. The lowest BCUT2D eigenvalue weighted by molar-refractivity contribution is -0.131. The van der Waals surface area contributed by atoms with Crippen LogP contribution in [0.5, 0.6) is 0 Å². The maximum Gasteiger partial charge on any atom is 0.270 e. The van der Waals surface area contributed by atoms with E-state index in [1.54, 1.807) is 11.9 Å². The van der Waals surface area contributed by atoms with Gasteiger partial charge >= 0.3 is 0 Å². The van der Waals surface area contributed by atoms with Crippen molar-refractivity contribution in [2.75, 3.05) is 30.8 Å². The van der Waals surface area contributed by atoms with E-state index in [2.05, 4.69) is 15.6 Å². The van der Waals surface area contributed by atoms with Gasteiger partial charge in [-0.25, -0.2) is 4.98 Å². The van der Waals surface area contributed by atoms with Crippen LogP contribution in [0.15, 0.2) is 0 Å². The van der Waals surface area contributed by atoms with E-state index >= 15 is 0 Å². The Bertz CT molecular complexity index is 601. The Hall–Kier alpha value is -2.16. The number of primary amides is 1. The fourth-order valence-corrected chi connectivity index (χ4v) is 3.22. The van der Waals surface area contributed by atoms with Gasteiger partial charge in [-0.3, -0.25) is 14.4 Å². The third-order valence-electron chi connectivity index (χ3n) is 3.61. The average molecular weight is 339 g/mol. The molecule has 2 heterocycles. The van der Waals surface area contributed by atoms with Crippen LogP contribution in [0.1, 0.15) is 42.6 Å². The first kappa shape index (κ1) is 17.2. The standard InChI is InChI=1S/C14H21N5O3S/c1-16-14-18-11(12(15)22)13(23-14)17-9(20)6-8-19-7-4-2-3-5-10(19)21/h2-8H2,1H3,(H2,15,22)(H,16,18)(H,17,20).